The number of carbonyl (C=O) groups excluding carboxylic acids is 1. The van der Waals surface area contributed by atoms with Crippen molar-refractivity contribution in [2.24, 2.45) is 0 Å². The van der Waals surface area contributed by atoms with Gasteiger partial charge >= 0.3 is 0 Å². The lowest BCUT2D eigenvalue weighted by atomic mass is 10.4. The van der Waals surface area contributed by atoms with Crippen molar-refractivity contribution in [3.8, 4) is 0 Å². The van der Waals surface area contributed by atoms with Gasteiger partial charge in [-0.3, -0.25) is 4.79 Å². The second kappa shape index (κ2) is 5.50. The average Bonchev–Trinajstić information content (AvgIpc) is 2.64. The Morgan fingerprint density at radius 3 is 2.87 bits per heavy atom. The molecule has 1 aromatic heterocycles. The van der Waals surface area contributed by atoms with Crippen LogP contribution in [0, 0.1) is 0 Å². The lowest BCUT2D eigenvalue weighted by Gasteiger charge is -2.19. The molecule has 0 radical (unpaired) electrons. The summed E-state index contributed by atoms with van der Waals surface area (Å²) in [7, 11) is 1.61. The molecule has 0 saturated heterocycles. The molecule has 0 unspecified atom stereocenters. The van der Waals surface area contributed by atoms with Crippen LogP contribution < -0.4 is 16.0 Å². The summed E-state index contributed by atoms with van der Waals surface area (Å²) in [5.74, 6) is 0.213. The fourth-order valence-electron chi connectivity index (χ4n) is 1.12. The van der Waals surface area contributed by atoms with E-state index in [0.717, 1.165) is 13.0 Å². The number of likely N-dealkylation sites (N-methyl/N-ethyl adjacent to an activating group) is 1. The van der Waals surface area contributed by atoms with Crippen molar-refractivity contribution in [3.05, 3.63) is 0 Å². The number of hydrogen-bond donors (Lipinski definition) is 2. The third-order valence-corrected chi connectivity index (χ3v) is 2.60. The van der Waals surface area contributed by atoms with Crippen LogP contribution in [0.2, 0.25) is 0 Å². The van der Waals surface area contributed by atoms with Gasteiger partial charge in [-0.2, -0.15) is 9.36 Å². The lowest BCUT2D eigenvalue weighted by molar-refractivity contribution is -0.119. The van der Waals surface area contributed by atoms with Crippen LogP contribution in [0.1, 0.15) is 13.3 Å². The van der Waals surface area contributed by atoms with E-state index in [9.17, 15) is 4.79 Å². The first-order chi connectivity index (χ1) is 7.17. The van der Waals surface area contributed by atoms with Crippen LogP contribution in [0.25, 0.3) is 0 Å². The Morgan fingerprint density at radius 2 is 2.40 bits per heavy atom. The minimum atomic E-state index is -0.0442. The van der Waals surface area contributed by atoms with Gasteiger partial charge in [0, 0.05) is 25.1 Å². The molecule has 0 aliphatic heterocycles. The molecule has 0 aromatic carbocycles. The molecular weight excluding hydrogens is 214 g/mol. The molecule has 1 aromatic rings. The zero-order chi connectivity index (χ0) is 11.3. The minimum absolute atomic E-state index is 0.0442. The SMILES string of the molecule is CCCN(CC(=O)NC)c1nc(N)ns1. The molecule has 1 rings (SSSR count). The van der Waals surface area contributed by atoms with E-state index in [1.54, 1.807) is 7.05 Å². The number of amides is 1. The van der Waals surface area contributed by atoms with Gasteiger partial charge in [0.05, 0.1) is 6.54 Å². The first kappa shape index (κ1) is 11.7. The Kier molecular flexibility index (Phi) is 4.29. The lowest BCUT2D eigenvalue weighted by Crippen LogP contribution is -2.36. The van der Waals surface area contributed by atoms with Crippen LogP contribution in [-0.4, -0.2) is 35.4 Å². The average molecular weight is 229 g/mol. The van der Waals surface area contributed by atoms with Crippen LogP contribution in [0.15, 0.2) is 0 Å². The van der Waals surface area contributed by atoms with Crippen molar-refractivity contribution in [2.45, 2.75) is 13.3 Å². The number of anilines is 2. The van der Waals surface area contributed by atoms with E-state index < -0.39 is 0 Å². The predicted octanol–water partition coefficient (Wildman–Crippen LogP) is 0.0827. The Bertz CT molecular complexity index is 327. The molecule has 0 atom stereocenters. The molecule has 0 aliphatic rings. The molecule has 0 fully saturated rings. The van der Waals surface area contributed by atoms with E-state index in [1.807, 2.05) is 11.8 Å². The fourth-order valence-corrected chi connectivity index (χ4v) is 1.74. The number of nitrogen functional groups attached to an aromatic ring is 1. The van der Waals surface area contributed by atoms with Crippen molar-refractivity contribution in [2.75, 3.05) is 30.8 Å². The number of nitrogens with two attached hydrogens (primary N) is 1. The highest BCUT2D eigenvalue weighted by molar-refractivity contribution is 7.09. The van der Waals surface area contributed by atoms with Gasteiger partial charge in [-0.25, -0.2) is 0 Å². The van der Waals surface area contributed by atoms with Crippen molar-refractivity contribution in [3.63, 3.8) is 0 Å². The second-order valence-corrected chi connectivity index (χ2v) is 3.76. The molecule has 0 saturated carbocycles. The number of hydrogen-bond acceptors (Lipinski definition) is 6. The van der Waals surface area contributed by atoms with Gasteiger partial charge in [0.15, 0.2) is 0 Å². The maximum absolute atomic E-state index is 11.2. The highest BCUT2D eigenvalue weighted by Gasteiger charge is 2.13. The standard InChI is InChI=1S/C8H15N5OS/c1-3-4-13(5-6(14)10-2)8-11-7(9)12-15-8/h3-5H2,1-2H3,(H2,9,12)(H,10,14). The number of nitrogens with one attached hydrogen (secondary N) is 1. The zero-order valence-corrected chi connectivity index (χ0v) is 9.67. The summed E-state index contributed by atoms with van der Waals surface area (Å²) in [6.07, 6.45) is 0.941. The Balaban J connectivity index is 2.69. The third kappa shape index (κ3) is 3.35. The summed E-state index contributed by atoms with van der Waals surface area (Å²) in [5.41, 5.74) is 5.44. The summed E-state index contributed by atoms with van der Waals surface area (Å²) in [6.45, 7) is 3.10. The molecule has 0 spiro atoms. The van der Waals surface area contributed by atoms with E-state index in [-0.39, 0.29) is 11.9 Å². The Hall–Kier alpha value is -1.37. The normalized spacial score (nSPS) is 10.0. The van der Waals surface area contributed by atoms with Crippen LogP contribution >= 0.6 is 11.5 Å². The molecule has 15 heavy (non-hydrogen) atoms. The molecule has 7 heteroatoms. The molecule has 1 heterocycles. The number of aromatic nitrogens is 2. The topological polar surface area (TPSA) is 84.1 Å². The molecule has 84 valence electrons. The second-order valence-electron chi connectivity index (χ2n) is 3.03. The maximum Gasteiger partial charge on any atom is 0.239 e. The Labute approximate surface area is 92.7 Å². The minimum Gasteiger partial charge on any atom is -0.367 e. The molecular formula is C8H15N5OS. The van der Waals surface area contributed by atoms with E-state index >= 15 is 0 Å². The molecule has 0 bridgehead atoms. The van der Waals surface area contributed by atoms with Gasteiger partial charge in [-0.15, -0.1) is 0 Å². The van der Waals surface area contributed by atoms with E-state index in [0.29, 0.717) is 11.7 Å². The van der Waals surface area contributed by atoms with Gasteiger partial charge in [0.25, 0.3) is 0 Å². The number of nitrogens with zero attached hydrogens (tertiary/aromatic N) is 3. The summed E-state index contributed by atoms with van der Waals surface area (Å²) >= 11 is 1.21. The molecule has 0 aliphatic carbocycles. The summed E-state index contributed by atoms with van der Waals surface area (Å²) in [6, 6.07) is 0. The molecule has 1 amide bonds. The van der Waals surface area contributed by atoms with E-state index in [2.05, 4.69) is 14.7 Å². The quantitative estimate of drug-likeness (QED) is 0.747. The monoisotopic (exact) mass is 229 g/mol. The fraction of sp³-hybridized carbons (Fsp3) is 0.625. The van der Waals surface area contributed by atoms with Crippen molar-refractivity contribution < 1.29 is 4.79 Å². The zero-order valence-electron chi connectivity index (χ0n) is 8.86. The smallest absolute Gasteiger partial charge is 0.239 e. The van der Waals surface area contributed by atoms with Gasteiger partial charge < -0.3 is 16.0 Å². The molecule has 6 nitrogen and oxygen atoms in total. The highest BCUT2D eigenvalue weighted by atomic mass is 32.1. The van der Waals surface area contributed by atoms with Gasteiger partial charge in [-0.05, 0) is 6.42 Å². The highest BCUT2D eigenvalue weighted by Crippen LogP contribution is 2.17. The van der Waals surface area contributed by atoms with Crippen LogP contribution in [0.5, 0.6) is 0 Å². The van der Waals surface area contributed by atoms with Gasteiger partial charge in [0.2, 0.25) is 17.0 Å². The predicted molar refractivity (Wildman–Crippen MR) is 60.9 cm³/mol. The van der Waals surface area contributed by atoms with Gasteiger partial charge in [0.1, 0.15) is 0 Å². The molecule has 3 N–H and O–H groups in total. The Morgan fingerprint density at radius 1 is 1.67 bits per heavy atom. The summed E-state index contributed by atoms with van der Waals surface area (Å²) in [4.78, 5) is 17.2. The van der Waals surface area contributed by atoms with Crippen LogP contribution in [-0.2, 0) is 4.79 Å². The summed E-state index contributed by atoms with van der Waals surface area (Å²) < 4.78 is 3.89. The first-order valence-electron chi connectivity index (χ1n) is 4.72. The first-order valence-corrected chi connectivity index (χ1v) is 5.49. The number of carbonyl (C=O) groups is 1. The van der Waals surface area contributed by atoms with Crippen molar-refractivity contribution in [1.29, 1.82) is 0 Å². The van der Waals surface area contributed by atoms with Crippen LogP contribution in [0.4, 0.5) is 11.1 Å². The summed E-state index contributed by atoms with van der Waals surface area (Å²) in [5, 5.41) is 3.27. The van der Waals surface area contributed by atoms with E-state index in [1.165, 1.54) is 11.5 Å². The van der Waals surface area contributed by atoms with Crippen molar-refractivity contribution in [1.82, 2.24) is 14.7 Å². The van der Waals surface area contributed by atoms with Crippen LogP contribution in [0.3, 0.4) is 0 Å². The third-order valence-electron chi connectivity index (χ3n) is 1.81. The van der Waals surface area contributed by atoms with Gasteiger partial charge in [-0.1, -0.05) is 6.92 Å². The maximum atomic E-state index is 11.2. The van der Waals surface area contributed by atoms with E-state index in [4.69, 9.17) is 5.73 Å². The number of rotatable bonds is 5. The largest absolute Gasteiger partial charge is 0.367 e. The van der Waals surface area contributed by atoms with Crippen molar-refractivity contribution >= 4 is 28.5 Å².